The molecule has 2 N–H and O–H groups in total. The molecule has 0 aliphatic carbocycles. The predicted octanol–water partition coefficient (Wildman–Crippen LogP) is 4.82. The highest BCUT2D eigenvalue weighted by Gasteiger charge is 2.31. The van der Waals surface area contributed by atoms with Crippen LogP contribution in [-0.4, -0.2) is 20.7 Å². The molecule has 1 aliphatic heterocycles. The molecule has 7 heteroatoms. The molecule has 0 fully saturated rings. The smallest absolute Gasteiger partial charge is 0.250 e. The Bertz CT molecular complexity index is 955. The number of carbonyl (C=O) groups is 1. The van der Waals surface area contributed by atoms with Gasteiger partial charge >= 0.3 is 0 Å². The molecule has 1 amide bonds. The summed E-state index contributed by atoms with van der Waals surface area (Å²) in [4.78, 5) is 16.5. The van der Waals surface area contributed by atoms with Crippen molar-refractivity contribution in [2.24, 2.45) is 0 Å². The van der Waals surface area contributed by atoms with Crippen LogP contribution in [0.15, 0.2) is 54.6 Å². The van der Waals surface area contributed by atoms with Crippen LogP contribution in [0.4, 0.5) is 11.9 Å². The molecule has 2 aromatic carbocycles. The fourth-order valence-electron chi connectivity index (χ4n) is 3.51. The molecule has 0 bridgehead atoms. The number of aromatic nitrogens is 3. The van der Waals surface area contributed by atoms with Gasteiger partial charge in [0.05, 0.1) is 12.1 Å². The van der Waals surface area contributed by atoms with E-state index in [0.717, 1.165) is 18.4 Å². The lowest BCUT2D eigenvalue weighted by molar-refractivity contribution is -0.116. The van der Waals surface area contributed by atoms with Gasteiger partial charge in [0, 0.05) is 11.4 Å². The molecular formula is C21H22ClN5O. The first-order chi connectivity index (χ1) is 13.6. The standard InChI is InChI=1S/C21H22ClN5O/c1-2-6-19(28)24-20-25-21-23-17(14-7-4-3-5-8-14)13-18(27(21)26-20)15-9-11-16(22)12-10-15/h3-5,7-12,17-18H,2,6,13H2,1H3,(H2,23,24,25,26,28)/t17-,18-/m0/s1. The van der Waals surface area contributed by atoms with Gasteiger partial charge in [-0.1, -0.05) is 61.0 Å². The first-order valence-corrected chi connectivity index (χ1v) is 9.85. The van der Waals surface area contributed by atoms with Gasteiger partial charge in [-0.25, -0.2) is 4.68 Å². The van der Waals surface area contributed by atoms with Crippen molar-refractivity contribution in [2.45, 2.75) is 38.3 Å². The third-order valence-corrected chi connectivity index (χ3v) is 5.13. The Hall–Kier alpha value is -2.86. The Balaban J connectivity index is 1.69. The Kier molecular flexibility index (Phi) is 5.30. The van der Waals surface area contributed by atoms with Crippen molar-refractivity contribution in [3.8, 4) is 0 Å². The van der Waals surface area contributed by atoms with E-state index in [0.29, 0.717) is 23.3 Å². The number of nitrogens with zero attached hydrogens (tertiary/aromatic N) is 3. The number of benzene rings is 2. The summed E-state index contributed by atoms with van der Waals surface area (Å²) in [6.07, 6.45) is 2.04. The predicted molar refractivity (Wildman–Crippen MR) is 111 cm³/mol. The summed E-state index contributed by atoms with van der Waals surface area (Å²) in [7, 11) is 0. The van der Waals surface area contributed by atoms with Crippen molar-refractivity contribution in [1.29, 1.82) is 0 Å². The molecule has 6 nitrogen and oxygen atoms in total. The lowest BCUT2D eigenvalue weighted by Crippen LogP contribution is -2.28. The molecule has 144 valence electrons. The number of hydrogen-bond donors (Lipinski definition) is 2. The van der Waals surface area contributed by atoms with Gasteiger partial charge < -0.3 is 5.32 Å². The Morgan fingerprint density at radius 3 is 2.64 bits per heavy atom. The number of hydrogen-bond acceptors (Lipinski definition) is 4. The van der Waals surface area contributed by atoms with Crippen molar-refractivity contribution in [3.05, 3.63) is 70.7 Å². The van der Waals surface area contributed by atoms with Crippen LogP contribution < -0.4 is 10.6 Å². The van der Waals surface area contributed by atoms with E-state index < -0.39 is 0 Å². The second-order valence-corrected chi connectivity index (χ2v) is 7.35. The van der Waals surface area contributed by atoms with Gasteiger partial charge in [0.2, 0.25) is 11.9 Å². The Morgan fingerprint density at radius 1 is 1.18 bits per heavy atom. The van der Waals surface area contributed by atoms with Crippen LogP contribution in [0.25, 0.3) is 0 Å². The topological polar surface area (TPSA) is 71.8 Å². The van der Waals surface area contributed by atoms with E-state index in [9.17, 15) is 4.79 Å². The maximum absolute atomic E-state index is 12.0. The van der Waals surface area contributed by atoms with Crippen LogP contribution in [0, 0.1) is 0 Å². The third-order valence-electron chi connectivity index (χ3n) is 4.87. The summed E-state index contributed by atoms with van der Waals surface area (Å²) in [6.45, 7) is 1.97. The zero-order valence-electron chi connectivity index (χ0n) is 15.6. The number of anilines is 2. The van der Waals surface area contributed by atoms with E-state index in [4.69, 9.17) is 11.6 Å². The monoisotopic (exact) mass is 395 g/mol. The minimum atomic E-state index is -0.0758. The van der Waals surface area contributed by atoms with Crippen LogP contribution in [-0.2, 0) is 4.79 Å². The van der Waals surface area contributed by atoms with Gasteiger partial charge in [-0.3, -0.25) is 10.1 Å². The summed E-state index contributed by atoms with van der Waals surface area (Å²) in [5, 5.41) is 11.5. The number of halogens is 1. The highest BCUT2D eigenvalue weighted by molar-refractivity contribution is 6.30. The average molecular weight is 396 g/mol. The summed E-state index contributed by atoms with van der Waals surface area (Å²) >= 11 is 6.07. The molecule has 28 heavy (non-hydrogen) atoms. The number of carbonyl (C=O) groups excluding carboxylic acids is 1. The third kappa shape index (κ3) is 3.87. The van der Waals surface area contributed by atoms with Crippen molar-refractivity contribution >= 4 is 29.4 Å². The lowest BCUT2D eigenvalue weighted by atomic mass is 9.93. The molecule has 0 unspecified atom stereocenters. The summed E-state index contributed by atoms with van der Waals surface area (Å²) in [6, 6.07) is 18.2. The van der Waals surface area contributed by atoms with E-state index >= 15 is 0 Å². The molecule has 4 rings (SSSR count). The van der Waals surface area contributed by atoms with Gasteiger partial charge in [-0.15, -0.1) is 5.10 Å². The summed E-state index contributed by atoms with van der Waals surface area (Å²) in [5.74, 6) is 0.897. The molecule has 3 aromatic rings. The van der Waals surface area contributed by atoms with Crippen LogP contribution in [0.5, 0.6) is 0 Å². The van der Waals surface area contributed by atoms with E-state index in [-0.39, 0.29) is 18.0 Å². The first-order valence-electron chi connectivity index (χ1n) is 9.47. The molecule has 2 atom stereocenters. The molecule has 2 heterocycles. The molecule has 0 spiro atoms. The second-order valence-electron chi connectivity index (χ2n) is 6.91. The number of nitrogens with one attached hydrogen (secondary N) is 2. The maximum atomic E-state index is 12.0. The average Bonchev–Trinajstić information content (AvgIpc) is 3.11. The molecule has 0 saturated carbocycles. The van der Waals surface area contributed by atoms with Crippen LogP contribution in [0.3, 0.4) is 0 Å². The fourth-order valence-corrected chi connectivity index (χ4v) is 3.64. The normalized spacial score (nSPS) is 18.2. The van der Waals surface area contributed by atoms with Crippen molar-refractivity contribution in [1.82, 2.24) is 14.8 Å². The molecule has 1 aromatic heterocycles. The SMILES string of the molecule is CCCC(=O)Nc1nc2n(n1)[C@H](c1ccc(Cl)cc1)C[C@@H](c1ccccc1)N2. The van der Waals surface area contributed by atoms with Gasteiger partial charge in [-0.2, -0.15) is 4.98 Å². The van der Waals surface area contributed by atoms with Crippen molar-refractivity contribution in [3.63, 3.8) is 0 Å². The number of amides is 1. The highest BCUT2D eigenvalue weighted by atomic mass is 35.5. The van der Waals surface area contributed by atoms with E-state index in [2.05, 4.69) is 32.8 Å². The van der Waals surface area contributed by atoms with Gasteiger partial charge in [0.25, 0.3) is 5.95 Å². The van der Waals surface area contributed by atoms with Crippen LogP contribution in [0.1, 0.15) is 49.4 Å². The minimum Gasteiger partial charge on any atom is -0.347 e. The fraction of sp³-hybridized carbons (Fsp3) is 0.286. The van der Waals surface area contributed by atoms with Crippen LogP contribution >= 0.6 is 11.6 Å². The van der Waals surface area contributed by atoms with E-state index in [1.807, 2.05) is 54.1 Å². The zero-order valence-corrected chi connectivity index (χ0v) is 16.4. The first kappa shape index (κ1) is 18.5. The largest absolute Gasteiger partial charge is 0.347 e. The Morgan fingerprint density at radius 2 is 1.93 bits per heavy atom. The molecular weight excluding hydrogens is 374 g/mol. The number of rotatable bonds is 5. The lowest BCUT2D eigenvalue weighted by Gasteiger charge is -2.31. The van der Waals surface area contributed by atoms with E-state index in [1.54, 1.807) is 0 Å². The van der Waals surface area contributed by atoms with E-state index in [1.165, 1.54) is 5.56 Å². The van der Waals surface area contributed by atoms with Crippen molar-refractivity contribution in [2.75, 3.05) is 10.6 Å². The highest BCUT2D eigenvalue weighted by Crippen LogP contribution is 2.38. The Labute approximate surface area is 168 Å². The molecule has 0 saturated heterocycles. The second kappa shape index (κ2) is 8.02. The number of fused-ring (bicyclic) bond motifs is 1. The summed E-state index contributed by atoms with van der Waals surface area (Å²) < 4.78 is 1.85. The van der Waals surface area contributed by atoms with Crippen LogP contribution in [0.2, 0.25) is 5.02 Å². The molecule has 1 aliphatic rings. The van der Waals surface area contributed by atoms with Gasteiger partial charge in [-0.05, 0) is 36.1 Å². The zero-order chi connectivity index (χ0) is 19.5. The maximum Gasteiger partial charge on any atom is 0.250 e. The minimum absolute atomic E-state index is 0.0111. The summed E-state index contributed by atoms with van der Waals surface area (Å²) in [5.41, 5.74) is 2.29. The quantitative estimate of drug-likeness (QED) is 0.649. The van der Waals surface area contributed by atoms with Gasteiger partial charge in [0.1, 0.15) is 0 Å². The molecule has 0 radical (unpaired) electrons. The van der Waals surface area contributed by atoms with Gasteiger partial charge in [0.15, 0.2) is 0 Å². The van der Waals surface area contributed by atoms with Crippen molar-refractivity contribution < 1.29 is 4.79 Å².